The van der Waals surface area contributed by atoms with Gasteiger partial charge in [-0.3, -0.25) is 0 Å². The van der Waals surface area contributed by atoms with Crippen LogP contribution < -0.4 is 10.5 Å². The Balaban J connectivity index is 2.00. The molecule has 1 heterocycles. The second-order valence-electron chi connectivity index (χ2n) is 4.25. The van der Waals surface area contributed by atoms with Crippen LogP contribution in [0.4, 0.5) is 0 Å². The quantitative estimate of drug-likeness (QED) is 0.834. The monoisotopic (exact) mass is 260 g/mol. The summed E-state index contributed by atoms with van der Waals surface area (Å²) in [5.41, 5.74) is 5.45. The molecule has 1 saturated carbocycles. The molecule has 3 N–H and O–H groups in total. The number of sulfonamides is 1. The van der Waals surface area contributed by atoms with E-state index in [9.17, 15) is 8.42 Å². The predicted octanol–water partition coefficient (Wildman–Crippen LogP) is 1.14. The second-order valence-corrected chi connectivity index (χ2v) is 7.41. The molecular weight excluding hydrogens is 244 g/mol. The first kappa shape index (κ1) is 12.0. The van der Waals surface area contributed by atoms with Gasteiger partial charge in [0.15, 0.2) is 0 Å². The lowest BCUT2D eigenvalue weighted by Crippen LogP contribution is -2.25. The van der Waals surface area contributed by atoms with Crippen molar-refractivity contribution < 1.29 is 8.42 Å². The zero-order valence-electron chi connectivity index (χ0n) is 9.14. The molecule has 0 aromatic carbocycles. The molecule has 0 bridgehead atoms. The first-order valence-corrected chi connectivity index (χ1v) is 7.61. The molecule has 4 nitrogen and oxygen atoms in total. The third kappa shape index (κ3) is 2.63. The minimum atomic E-state index is -3.32. The topological polar surface area (TPSA) is 72.2 Å². The van der Waals surface area contributed by atoms with Crippen molar-refractivity contribution in [2.24, 2.45) is 17.6 Å². The first-order valence-electron chi connectivity index (χ1n) is 5.31. The molecule has 1 aromatic heterocycles. The molecule has 16 heavy (non-hydrogen) atoms. The minimum absolute atomic E-state index is 0.362. The minimum Gasteiger partial charge on any atom is -0.326 e. The molecule has 6 heteroatoms. The lowest BCUT2D eigenvalue weighted by molar-refractivity contribution is 0.576. The van der Waals surface area contributed by atoms with Gasteiger partial charge in [-0.1, -0.05) is 6.92 Å². The van der Waals surface area contributed by atoms with E-state index < -0.39 is 10.0 Å². The van der Waals surface area contributed by atoms with Crippen molar-refractivity contribution in [3.8, 4) is 0 Å². The van der Waals surface area contributed by atoms with Crippen molar-refractivity contribution in [1.29, 1.82) is 0 Å². The van der Waals surface area contributed by atoms with Crippen molar-refractivity contribution in [2.45, 2.75) is 24.1 Å². The summed E-state index contributed by atoms with van der Waals surface area (Å²) in [5.74, 6) is 1.18. The molecule has 0 amide bonds. The van der Waals surface area contributed by atoms with E-state index in [2.05, 4.69) is 11.6 Å². The van der Waals surface area contributed by atoms with E-state index in [-0.39, 0.29) is 0 Å². The maximum atomic E-state index is 11.9. The molecule has 0 aliphatic heterocycles. The lowest BCUT2D eigenvalue weighted by atomic mass is 10.3. The summed E-state index contributed by atoms with van der Waals surface area (Å²) in [4.78, 5) is 0.889. The smallest absolute Gasteiger partial charge is 0.250 e. The molecule has 2 atom stereocenters. The number of thiophene rings is 1. The average molecular weight is 260 g/mol. The molecule has 1 aliphatic rings. The van der Waals surface area contributed by atoms with Crippen LogP contribution in [0.15, 0.2) is 16.3 Å². The van der Waals surface area contributed by atoms with Crippen LogP contribution in [-0.2, 0) is 16.6 Å². The fourth-order valence-corrected chi connectivity index (χ4v) is 3.96. The van der Waals surface area contributed by atoms with Gasteiger partial charge >= 0.3 is 0 Å². The number of nitrogens with one attached hydrogen (secondary N) is 1. The number of hydrogen-bond donors (Lipinski definition) is 2. The molecular formula is C10H16N2O2S2. The van der Waals surface area contributed by atoms with E-state index in [0.29, 0.717) is 29.1 Å². The Bertz CT molecular complexity index is 467. The third-order valence-electron chi connectivity index (χ3n) is 2.91. The van der Waals surface area contributed by atoms with Crippen molar-refractivity contribution in [3.63, 3.8) is 0 Å². The average Bonchev–Trinajstić information content (AvgIpc) is 2.78. The van der Waals surface area contributed by atoms with Crippen molar-refractivity contribution >= 4 is 21.4 Å². The molecule has 0 radical (unpaired) electrons. The molecule has 90 valence electrons. The molecule has 0 spiro atoms. The Morgan fingerprint density at radius 1 is 1.56 bits per heavy atom. The van der Waals surface area contributed by atoms with Gasteiger partial charge in [-0.05, 0) is 30.4 Å². The van der Waals surface area contributed by atoms with Crippen LogP contribution in [0.2, 0.25) is 0 Å². The maximum absolute atomic E-state index is 11.9. The first-order chi connectivity index (χ1) is 7.53. The SMILES string of the molecule is CC1CC1CNS(=O)(=O)c1ccc(CN)s1. The summed E-state index contributed by atoms with van der Waals surface area (Å²) in [6.07, 6.45) is 1.13. The largest absolute Gasteiger partial charge is 0.326 e. The maximum Gasteiger partial charge on any atom is 0.250 e. The summed E-state index contributed by atoms with van der Waals surface area (Å²) >= 11 is 1.24. The highest BCUT2D eigenvalue weighted by Gasteiger charge is 2.33. The zero-order valence-corrected chi connectivity index (χ0v) is 10.8. The van der Waals surface area contributed by atoms with Gasteiger partial charge in [-0.2, -0.15) is 0 Å². The Kier molecular flexibility index (Phi) is 3.34. The van der Waals surface area contributed by atoms with Crippen LogP contribution in [0.1, 0.15) is 18.2 Å². The van der Waals surface area contributed by atoms with Crippen molar-refractivity contribution in [3.05, 3.63) is 17.0 Å². The highest BCUT2D eigenvalue weighted by molar-refractivity contribution is 7.91. The summed E-state index contributed by atoms with van der Waals surface area (Å²) < 4.78 is 26.7. The van der Waals surface area contributed by atoms with E-state index in [1.54, 1.807) is 12.1 Å². The third-order valence-corrected chi connectivity index (χ3v) is 5.94. The Morgan fingerprint density at radius 2 is 2.25 bits per heavy atom. The van der Waals surface area contributed by atoms with Crippen LogP contribution in [-0.4, -0.2) is 15.0 Å². The predicted molar refractivity (Wildman–Crippen MR) is 64.7 cm³/mol. The Labute approximate surface area is 99.9 Å². The van der Waals surface area contributed by atoms with Gasteiger partial charge in [0.05, 0.1) is 0 Å². The standard InChI is InChI=1S/C10H16N2O2S2/c1-7-4-8(7)6-12-16(13,14)10-3-2-9(5-11)15-10/h2-3,7-8,12H,4-6,11H2,1H3. The second kappa shape index (κ2) is 4.44. The molecule has 1 fully saturated rings. The fourth-order valence-electron chi connectivity index (χ4n) is 1.58. The summed E-state index contributed by atoms with van der Waals surface area (Å²) in [7, 11) is -3.32. The van der Waals surface area contributed by atoms with Crippen molar-refractivity contribution in [1.82, 2.24) is 4.72 Å². The van der Waals surface area contributed by atoms with Gasteiger partial charge in [0, 0.05) is 18.0 Å². The van der Waals surface area contributed by atoms with Crippen LogP contribution in [0.3, 0.4) is 0 Å². The van der Waals surface area contributed by atoms with Crippen LogP contribution >= 0.6 is 11.3 Å². The van der Waals surface area contributed by atoms with Gasteiger partial charge < -0.3 is 5.73 Å². The van der Waals surface area contributed by atoms with Crippen LogP contribution in [0.5, 0.6) is 0 Å². The summed E-state index contributed by atoms with van der Waals surface area (Å²) in [6.45, 7) is 3.08. The van der Waals surface area contributed by atoms with E-state index in [1.165, 1.54) is 11.3 Å². The number of hydrogen-bond acceptors (Lipinski definition) is 4. The van der Waals surface area contributed by atoms with E-state index in [4.69, 9.17) is 5.73 Å². The normalized spacial score (nSPS) is 24.6. The molecule has 1 aromatic rings. The fraction of sp³-hybridized carbons (Fsp3) is 0.600. The van der Waals surface area contributed by atoms with E-state index in [1.807, 2.05) is 0 Å². The Morgan fingerprint density at radius 3 is 2.75 bits per heavy atom. The lowest BCUT2D eigenvalue weighted by Gasteiger charge is -2.03. The zero-order chi connectivity index (χ0) is 11.8. The van der Waals surface area contributed by atoms with Gasteiger partial charge in [-0.15, -0.1) is 11.3 Å². The summed E-state index contributed by atoms with van der Waals surface area (Å²) in [5, 5.41) is 0. The van der Waals surface area contributed by atoms with Crippen LogP contribution in [0.25, 0.3) is 0 Å². The van der Waals surface area contributed by atoms with Crippen LogP contribution in [0, 0.1) is 11.8 Å². The number of rotatable bonds is 5. The van der Waals surface area contributed by atoms with Gasteiger partial charge in [-0.25, -0.2) is 13.1 Å². The van der Waals surface area contributed by atoms with E-state index in [0.717, 1.165) is 11.3 Å². The highest BCUT2D eigenvalue weighted by Crippen LogP contribution is 2.37. The molecule has 0 saturated heterocycles. The molecule has 1 aliphatic carbocycles. The van der Waals surface area contributed by atoms with Gasteiger partial charge in [0.25, 0.3) is 0 Å². The summed E-state index contributed by atoms with van der Waals surface area (Å²) in [6, 6.07) is 3.38. The number of nitrogens with two attached hydrogens (primary N) is 1. The molecule has 2 unspecified atom stereocenters. The molecule has 2 rings (SSSR count). The van der Waals surface area contributed by atoms with Crippen molar-refractivity contribution in [2.75, 3.05) is 6.54 Å². The van der Waals surface area contributed by atoms with Gasteiger partial charge in [0.1, 0.15) is 4.21 Å². The van der Waals surface area contributed by atoms with E-state index >= 15 is 0 Å². The highest BCUT2D eigenvalue weighted by atomic mass is 32.2. The van der Waals surface area contributed by atoms with Gasteiger partial charge in [0.2, 0.25) is 10.0 Å². The Hall–Kier alpha value is -0.430.